The molecule has 3 nitrogen and oxygen atoms in total. The Labute approximate surface area is 107 Å². The van der Waals surface area contributed by atoms with Crippen molar-refractivity contribution in [3.8, 4) is 0 Å². The van der Waals surface area contributed by atoms with Crippen molar-refractivity contribution in [2.75, 3.05) is 4.90 Å². The number of fused-ring (bicyclic) bond motifs is 1. The predicted molar refractivity (Wildman–Crippen MR) is 65.7 cm³/mol. The van der Waals surface area contributed by atoms with E-state index in [1.165, 1.54) is 24.0 Å². The van der Waals surface area contributed by atoms with Gasteiger partial charge in [-0.3, -0.25) is 14.5 Å². The number of hydrogen-bond acceptors (Lipinski definition) is 2. The van der Waals surface area contributed by atoms with E-state index in [1.807, 2.05) is 0 Å². The molecule has 90 valence electrons. The molecular weight excluding hydrogens is 289 g/mol. The number of ketones is 1. The Morgan fingerprint density at radius 3 is 2.53 bits per heavy atom. The van der Waals surface area contributed by atoms with Crippen molar-refractivity contribution in [2.45, 2.75) is 26.3 Å². The maximum absolute atomic E-state index is 13.4. The van der Waals surface area contributed by atoms with Gasteiger partial charge >= 0.3 is 0 Å². The minimum atomic E-state index is -0.957. The zero-order valence-corrected chi connectivity index (χ0v) is 11.3. The van der Waals surface area contributed by atoms with Crippen LogP contribution in [0.25, 0.3) is 0 Å². The van der Waals surface area contributed by atoms with Gasteiger partial charge < -0.3 is 0 Å². The lowest BCUT2D eigenvalue weighted by atomic mass is 9.97. The van der Waals surface area contributed by atoms with E-state index in [2.05, 4.69) is 15.9 Å². The predicted octanol–water partition coefficient (Wildman–Crippen LogP) is 2.92. The van der Waals surface area contributed by atoms with Crippen LogP contribution in [-0.2, 0) is 4.79 Å². The first kappa shape index (κ1) is 12.2. The maximum Gasteiger partial charge on any atom is 0.224 e. The Morgan fingerprint density at radius 2 is 2.00 bits per heavy atom. The summed E-state index contributed by atoms with van der Waals surface area (Å²) in [5, 5.41) is 0. The van der Waals surface area contributed by atoms with Crippen LogP contribution < -0.4 is 4.90 Å². The number of halogens is 2. The van der Waals surface area contributed by atoms with Crippen molar-refractivity contribution in [3.05, 3.63) is 28.0 Å². The molecule has 0 atom stereocenters. The highest BCUT2D eigenvalue weighted by atomic mass is 79.9. The van der Waals surface area contributed by atoms with Crippen molar-refractivity contribution in [1.82, 2.24) is 0 Å². The molecule has 1 aromatic carbocycles. The number of benzene rings is 1. The summed E-state index contributed by atoms with van der Waals surface area (Å²) in [6.45, 7) is 4.70. The molecule has 0 spiro atoms. The number of carbonyl (C=O) groups excluding carboxylic acids is 2. The van der Waals surface area contributed by atoms with Gasteiger partial charge in [0.25, 0.3) is 0 Å². The number of carbonyl (C=O) groups is 2. The van der Waals surface area contributed by atoms with Gasteiger partial charge in [-0.15, -0.1) is 0 Å². The molecule has 5 heteroatoms. The zero-order valence-electron chi connectivity index (χ0n) is 9.67. The Balaban J connectivity index is 2.73. The third-order valence-corrected chi connectivity index (χ3v) is 3.56. The summed E-state index contributed by atoms with van der Waals surface area (Å²) in [7, 11) is 0. The van der Waals surface area contributed by atoms with E-state index >= 15 is 0 Å². The summed E-state index contributed by atoms with van der Waals surface area (Å²) < 4.78 is 13.7. The fraction of sp³-hybridized carbons (Fsp3) is 0.333. The highest BCUT2D eigenvalue weighted by Gasteiger charge is 2.46. The topological polar surface area (TPSA) is 37.4 Å². The van der Waals surface area contributed by atoms with Gasteiger partial charge in [0.05, 0.1) is 10.2 Å². The van der Waals surface area contributed by atoms with Crippen LogP contribution in [0.1, 0.15) is 31.1 Å². The van der Waals surface area contributed by atoms with E-state index in [4.69, 9.17) is 0 Å². The molecule has 1 aromatic rings. The normalized spacial score (nSPS) is 17.2. The quantitative estimate of drug-likeness (QED) is 0.739. The maximum atomic E-state index is 13.4. The number of amides is 1. The largest absolute Gasteiger partial charge is 0.299 e. The van der Waals surface area contributed by atoms with E-state index in [0.29, 0.717) is 5.69 Å². The Morgan fingerprint density at radius 1 is 1.41 bits per heavy atom. The molecule has 0 saturated heterocycles. The molecule has 2 rings (SSSR count). The van der Waals surface area contributed by atoms with Gasteiger partial charge in [-0.05, 0) is 41.9 Å². The lowest BCUT2D eigenvalue weighted by molar-refractivity contribution is -0.117. The summed E-state index contributed by atoms with van der Waals surface area (Å²) in [5.41, 5.74) is -0.242. The second-order valence-corrected chi connectivity index (χ2v) is 5.38. The molecule has 0 fully saturated rings. The van der Waals surface area contributed by atoms with Gasteiger partial charge in [-0.2, -0.15) is 0 Å². The number of Topliss-reactive ketones (excluding diaryl/α,β-unsaturated/α-hetero) is 1. The summed E-state index contributed by atoms with van der Waals surface area (Å²) in [4.78, 5) is 25.1. The van der Waals surface area contributed by atoms with Gasteiger partial charge in [-0.1, -0.05) is 0 Å². The highest BCUT2D eigenvalue weighted by molar-refractivity contribution is 9.10. The van der Waals surface area contributed by atoms with Gasteiger partial charge in [0.15, 0.2) is 5.78 Å². The summed E-state index contributed by atoms with van der Waals surface area (Å²) in [6.07, 6.45) is 0. The Bertz CT molecular complexity index is 540. The number of rotatable bonds is 0. The van der Waals surface area contributed by atoms with Crippen molar-refractivity contribution in [1.29, 1.82) is 0 Å². The lowest BCUT2D eigenvalue weighted by Crippen LogP contribution is -2.47. The molecule has 0 N–H and O–H groups in total. The fourth-order valence-electron chi connectivity index (χ4n) is 2.20. The molecule has 1 aliphatic rings. The molecule has 1 aliphatic heterocycles. The van der Waals surface area contributed by atoms with Crippen molar-refractivity contribution >= 4 is 33.3 Å². The van der Waals surface area contributed by atoms with Crippen LogP contribution in [0.2, 0.25) is 0 Å². The van der Waals surface area contributed by atoms with E-state index in [0.717, 1.165) is 0 Å². The summed E-state index contributed by atoms with van der Waals surface area (Å²) in [5.74, 6) is -0.979. The van der Waals surface area contributed by atoms with E-state index in [1.54, 1.807) is 13.8 Å². The highest BCUT2D eigenvalue weighted by Crippen LogP contribution is 2.40. The molecular formula is C12H11BrFNO2. The minimum absolute atomic E-state index is 0.236. The molecule has 0 bridgehead atoms. The van der Waals surface area contributed by atoms with Crippen LogP contribution in [0, 0.1) is 5.82 Å². The van der Waals surface area contributed by atoms with Crippen LogP contribution in [0.4, 0.5) is 10.1 Å². The van der Waals surface area contributed by atoms with E-state index in [-0.39, 0.29) is 21.7 Å². The molecule has 0 aliphatic carbocycles. The minimum Gasteiger partial charge on any atom is -0.299 e. The van der Waals surface area contributed by atoms with Crippen LogP contribution in [0.5, 0.6) is 0 Å². The molecule has 17 heavy (non-hydrogen) atoms. The molecule has 1 heterocycles. The van der Waals surface area contributed by atoms with Crippen molar-refractivity contribution in [3.63, 3.8) is 0 Å². The molecule has 0 saturated carbocycles. The van der Waals surface area contributed by atoms with Gasteiger partial charge in [0, 0.05) is 12.5 Å². The summed E-state index contributed by atoms with van der Waals surface area (Å²) in [6, 6.07) is 2.64. The average Bonchev–Trinajstić information content (AvgIpc) is 2.38. The first-order valence-electron chi connectivity index (χ1n) is 5.11. The van der Waals surface area contributed by atoms with E-state index < -0.39 is 11.4 Å². The molecule has 0 aromatic heterocycles. The van der Waals surface area contributed by atoms with Crippen LogP contribution in [0.3, 0.4) is 0 Å². The number of anilines is 1. The molecule has 1 amide bonds. The monoisotopic (exact) mass is 299 g/mol. The number of nitrogens with zero attached hydrogens (tertiary/aromatic N) is 1. The third kappa shape index (κ3) is 1.60. The lowest BCUT2D eigenvalue weighted by Gasteiger charge is -2.29. The zero-order chi connectivity index (χ0) is 13.0. The SMILES string of the molecule is CC(=O)N1c2cc(Br)c(F)cc2C(=O)C1(C)C. The first-order valence-corrected chi connectivity index (χ1v) is 5.90. The standard InChI is InChI=1S/C12H11BrFNO2/c1-6(16)15-10-5-8(13)9(14)4-7(10)11(17)12(15,2)3/h4-5H,1-3H3. The third-order valence-electron chi connectivity index (χ3n) is 2.95. The van der Waals surface area contributed by atoms with Gasteiger partial charge in [-0.25, -0.2) is 4.39 Å². The summed E-state index contributed by atoms with van der Waals surface area (Å²) >= 11 is 3.06. The fourth-order valence-corrected chi connectivity index (χ4v) is 2.53. The molecule has 0 radical (unpaired) electrons. The average molecular weight is 300 g/mol. The van der Waals surface area contributed by atoms with Crippen LogP contribution in [-0.4, -0.2) is 17.2 Å². The van der Waals surface area contributed by atoms with Crippen molar-refractivity contribution in [2.24, 2.45) is 0 Å². The van der Waals surface area contributed by atoms with Crippen molar-refractivity contribution < 1.29 is 14.0 Å². The van der Waals surface area contributed by atoms with Gasteiger partial charge in [0.2, 0.25) is 5.91 Å². The smallest absolute Gasteiger partial charge is 0.224 e. The van der Waals surface area contributed by atoms with Gasteiger partial charge in [0.1, 0.15) is 11.4 Å². The second kappa shape index (κ2) is 3.63. The van der Waals surface area contributed by atoms with Crippen LogP contribution >= 0.6 is 15.9 Å². The Hall–Kier alpha value is -1.23. The Kier molecular flexibility index (Phi) is 2.61. The first-order chi connectivity index (χ1) is 7.76. The number of hydrogen-bond donors (Lipinski definition) is 0. The van der Waals surface area contributed by atoms with E-state index in [9.17, 15) is 14.0 Å². The second-order valence-electron chi connectivity index (χ2n) is 4.53. The van der Waals surface area contributed by atoms with Crippen LogP contribution in [0.15, 0.2) is 16.6 Å². The molecule has 0 unspecified atom stereocenters.